The molecule has 0 bridgehead atoms. The van der Waals surface area contributed by atoms with Crippen molar-refractivity contribution in [3.05, 3.63) is 262 Å². The first-order chi connectivity index (χ1) is 60.5. The van der Waals surface area contributed by atoms with E-state index in [1.165, 1.54) is 131 Å². The maximum atomic E-state index is 13.8. The third-order valence-electron chi connectivity index (χ3n) is 23.5. The van der Waals surface area contributed by atoms with Crippen molar-refractivity contribution in [1.29, 1.82) is 21.0 Å². The van der Waals surface area contributed by atoms with Crippen molar-refractivity contribution in [2.24, 2.45) is 66.6 Å². The number of fused-ring (bicyclic) bond motifs is 4. The molecule has 31 nitrogen and oxygen atoms in total. The van der Waals surface area contributed by atoms with Gasteiger partial charge in [-0.3, -0.25) is 58.0 Å². The molecule has 126 heavy (non-hydrogen) atoms. The number of nitrogens with zero attached hydrogens (tertiary/aromatic N) is 17. The molecule has 8 amide bonds. The summed E-state index contributed by atoms with van der Waals surface area (Å²) >= 11 is 5.78. The number of halogens is 2. The van der Waals surface area contributed by atoms with Crippen molar-refractivity contribution in [3.8, 4) is 57.3 Å². The van der Waals surface area contributed by atoms with Gasteiger partial charge in [0.05, 0.1) is 91.4 Å². The molecule has 6 unspecified atom stereocenters. The van der Waals surface area contributed by atoms with E-state index in [9.17, 15) is 62.9 Å². The lowest BCUT2D eigenvalue weighted by atomic mass is 9.83. The second-order valence-electron chi connectivity index (χ2n) is 30.7. The van der Waals surface area contributed by atoms with Crippen LogP contribution in [0.3, 0.4) is 0 Å². The Balaban J connectivity index is 0.000000131. The average Bonchev–Trinajstić information content (AvgIpc) is 1.58. The molecular formula is C89H77F2N21O10S4. The van der Waals surface area contributed by atoms with Crippen LogP contribution in [-0.2, 0) is 46.1 Å². The molecule has 18 rings (SSSR count). The summed E-state index contributed by atoms with van der Waals surface area (Å²) in [6.07, 6.45) is 1.34. The molecule has 0 aliphatic carbocycles. The number of benzene rings is 5. The number of para-hydroxylation sites is 1. The molecule has 8 aliphatic rings. The monoisotopic (exact) mass is 1770 g/mol. The number of hydrogen-bond donors (Lipinski definition) is 4. The molecule has 5 aromatic carbocycles. The minimum absolute atomic E-state index is 0.0458. The number of methoxy groups -OCH3 is 1. The fraction of sp³-hybridized carbons (Fsp3) is 0.247. The predicted molar refractivity (Wildman–Crippen MR) is 465 cm³/mol. The van der Waals surface area contributed by atoms with Gasteiger partial charge in [0.25, 0.3) is 23.6 Å². The average molecular weight is 1770 g/mol. The van der Waals surface area contributed by atoms with Crippen LogP contribution in [0.4, 0.5) is 8.78 Å². The summed E-state index contributed by atoms with van der Waals surface area (Å²) in [7, 11) is 7.90. The number of aliphatic imine (C=N–C) groups is 4. The van der Waals surface area contributed by atoms with Crippen molar-refractivity contribution in [2.75, 3.05) is 94.3 Å². The van der Waals surface area contributed by atoms with Gasteiger partial charge in [-0.25, -0.2) is 33.7 Å². The van der Waals surface area contributed by atoms with E-state index in [1.807, 2.05) is 88.9 Å². The van der Waals surface area contributed by atoms with Crippen LogP contribution in [0.15, 0.2) is 212 Å². The van der Waals surface area contributed by atoms with Crippen molar-refractivity contribution in [1.82, 2.24) is 44.2 Å². The van der Waals surface area contributed by atoms with E-state index in [-0.39, 0.29) is 115 Å². The second kappa shape index (κ2) is 34.8. The summed E-state index contributed by atoms with van der Waals surface area (Å²) in [6, 6.07) is 54.9. The lowest BCUT2D eigenvalue weighted by Crippen LogP contribution is -2.54. The van der Waals surface area contributed by atoms with Crippen molar-refractivity contribution in [3.63, 3.8) is 0 Å². The molecule has 0 saturated carbocycles. The molecule has 13 heterocycles. The summed E-state index contributed by atoms with van der Waals surface area (Å²) in [4.78, 5) is 143. The van der Waals surface area contributed by atoms with Crippen LogP contribution < -0.4 is 32.4 Å². The molecule has 4 saturated heterocycles. The molecule has 10 aromatic rings. The normalized spacial score (nSPS) is 22.5. The van der Waals surface area contributed by atoms with Gasteiger partial charge in [0.15, 0.2) is 30.4 Å². The number of ether oxygens (including phenoxy) is 2. The lowest BCUT2D eigenvalue weighted by molar-refractivity contribution is -0.135. The fourth-order valence-electron chi connectivity index (χ4n) is 16.7. The van der Waals surface area contributed by atoms with Crippen LogP contribution in [0, 0.1) is 80.6 Å². The number of guanidine groups is 4. The molecule has 37 heteroatoms. The zero-order chi connectivity index (χ0) is 89.4. The highest BCUT2D eigenvalue weighted by Gasteiger charge is 2.61. The van der Waals surface area contributed by atoms with E-state index in [2.05, 4.69) is 22.1 Å². The number of nitriles is 4. The minimum atomic E-state index is -1.11. The van der Waals surface area contributed by atoms with E-state index in [0.717, 1.165) is 29.9 Å². The standard InChI is InChI=1S/C26H19FN6O2S.C25H18FN7O2S.2C19H20N4O3S/c1-32-24(35)20-13-33(23(34)17-3-2-4-19(27)10-17)14-26(20,31-25(32)30)22-6-5-21(36-22)18-8-15(11-28)7-16(9-18)12-29;1-32-23(35)19-11-33(22(34)15-2-4-18(9-28)30-10-15)13-25(19,31-24(32)29)21-7-17(12-36-21)14-3-5-20(26)16(6-14)8-27;1-22-17(25)14-10-23(16(24)12-5-7-13(26-2)8-6-12)11-19(14,21-18(22)20)15-4-3-9-27-15;1-22-17(25)14-10-23(16(24)11-26-13-6-3-2-4-7-13)12-19(14,21-18(22)20)15-8-5-9-27-15/h2-10,20H,13-14H2,1H3,(H2,30,31);2-7,10,12,19H,11,13H2,1H3,(H2,29,31);3-9,14H,10-11H2,1-2H3,(H2,20,21);2-9,14H,10-12H2,1H3,(H2,20,21)/t20-,26-;;;/m0.../s1. The summed E-state index contributed by atoms with van der Waals surface area (Å²) in [5, 5.41) is 42.6. The van der Waals surface area contributed by atoms with E-state index in [4.69, 9.17) is 52.6 Å². The number of rotatable bonds is 13. The Morgan fingerprint density at radius 2 is 0.952 bits per heavy atom. The highest BCUT2D eigenvalue weighted by molar-refractivity contribution is 7.15. The Labute approximate surface area is 736 Å². The second-order valence-corrected chi connectivity index (χ2v) is 34.6. The number of nitrogens with two attached hydrogens (primary N) is 4. The number of carbonyl (C=O) groups excluding carboxylic acids is 8. The molecule has 636 valence electrons. The van der Waals surface area contributed by atoms with Gasteiger partial charge in [-0.05, 0) is 160 Å². The van der Waals surface area contributed by atoms with E-state index in [1.54, 1.807) is 105 Å². The third-order valence-corrected chi connectivity index (χ3v) is 28.0. The zero-order valence-corrected chi connectivity index (χ0v) is 71.3. The molecule has 8 atom stereocenters. The molecular weight excluding hydrogens is 1690 g/mol. The summed E-state index contributed by atoms with van der Waals surface area (Å²) in [6.45, 7) is 1.60. The Bertz CT molecular complexity index is 6310. The van der Waals surface area contributed by atoms with Gasteiger partial charge in [-0.15, -0.1) is 45.3 Å². The predicted octanol–water partition coefficient (Wildman–Crippen LogP) is 8.28. The largest absolute Gasteiger partial charge is 0.497 e. The first kappa shape index (κ1) is 86.1. The van der Waals surface area contributed by atoms with Crippen LogP contribution in [0.5, 0.6) is 11.5 Å². The van der Waals surface area contributed by atoms with Crippen molar-refractivity contribution < 1.29 is 56.6 Å². The van der Waals surface area contributed by atoms with E-state index < -0.39 is 63.4 Å². The van der Waals surface area contributed by atoms with Gasteiger partial charge >= 0.3 is 0 Å². The molecule has 0 spiro atoms. The summed E-state index contributed by atoms with van der Waals surface area (Å²) in [5.41, 5.74) is 24.4. The first-order valence-electron chi connectivity index (χ1n) is 39.0. The first-order valence-corrected chi connectivity index (χ1v) is 42.5. The smallest absolute Gasteiger partial charge is 0.260 e. The summed E-state index contributed by atoms with van der Waals surface area (Å²) in [5.74, 6) is -3.37. The molecule has 8 N–H and O–H groups in total. The van der Waals surface area contributed by atoms with Gasteiger partial charge in [0.2, 0.25) is 23.6 Å². The third kappa shape index (κ3) is 15.9. The van der Waals surface area contributed by atoms with Gasteiger partial charge < -0.3 is 52.0 Å². The van der Waals surface area contributed by atoms with E-state index in [0.29, 0.717) is 71.1 Å². The van der Waals surface area contributed by atoms with Gasteiger partial charge in [-0.2, -0.15) is 21.0 Å². The van der Waals surface area contributed by atoms with Gasteiger partial charge in [0.1, 0.15) is 63.1 Å². The number of aromatic nitrogens is 1. The van der Waals surface area contributed by atoms with Crippen molar-refractivity contribution in [2.45, 2.75) is 22.2 Å². The number of carbonyl (C=O) groups is 8. The Morgan fingerprint density at radius 1 is 0.460 bits per heavy atom. The maximum Gasteiger partial charge on any atom is 0.260 e. The number of hydrogen-bond acceptors (Lipinski definition) is 27. The molecule has 8 aliphatic heterocycles. The van der Waals surface area contributed by atoms with Gasteiger partial charge in [0, 0.05) is 96.1 Å². The van der Waals surface area contributed by atoms with Crippen LogP contribution in [-0.4, -0.2) is 210 Å². The highest BCUT2D eigenvalue weighted by Crippen LogP contribution is 2.52. The quantitative estimate of drug-likeness (QED) is 0.0843. The summed E-state index contributed by atoms with van der Waals surface area (Å²) < 4.78 is 38.3. The molecule has 5 aromatic heterocycles. The number of pyridine rings is 1. The Kier molecular flexibility index (Phi) is 23.8. The molecule has 4 fully saturated rings. The van der Waals surface area contributed by atoms with Crippen LogP contribution >= 0.6 is 45.3 Å². The molecule has 0 radical (unpaired) electrons. The number of thiophene rings is 4. The Hall–Kier alpha value is -14.9. The minimum Gasteiger partial charge on any atom is -0.497 e. The topological polar surface area (TPSA) is 443 Å². The van der Waals surface area contributed by atoms with Crippen molar-refractivity contribution >= 4 is 116 Å². The Morgan fingerprint density at radius 3 is 1.43 bits per heavy atom. The lowest BCUT2D eigenvalue weighted by Gasteiger charge is -2.36. The van der Waals surface area contributed by atoms with Crippen LogP contribution in [0.1, 0.15) is 73.0 Å². The fourth-order valence-corrected chi connectivity index (χ4v) is 20.8. The highest BCUT2D eigenvalue weighted by atomic mass is 32.1. The zero-order valence-electron chi connectivity index (χ0n) is 68.0. The number of amides is 8. The van der Waals surface area contributed by atoms with Crippen LogP contribution in [0.25, 0.3) is 21.6 Å². The van der Waals surface area contributed by atoms with Crippen LogP contribution in [0.2, 0.25) is 0 Å². The number of likely N-dealkylation sites (tertiary alicyclic amines) is 4. The maximum absolute atomic E-state index is 13.8. The SMILES string of the molecule is CN1C(=O)C2CN(C(=O)COc3ccccc3)CC2(c2cccs2)N=C1N.CN1C(=O)C2CN(C(=O)c3ccc(C#N)nc3)CC2(c2cc(-c3ccc(F)c(C#N)c3)cs2)N=C1N.CN1C(=O)[C@@H]2CN(C(=O)c3cccc(F)c3)C[C@]2(c2ccc(-c3cc(C#N)cc(C#N)c3)s2)N=C1N.COc1ccc(C(=O)N2CC3C(=O)N(C)C(N)=NC3(c3cccs3)C2)cc1. The van der Waals surface area contributed by atoms with E-state index >= 15 is 0 Å². The van der Waals surface area contributed by atoms with Gasteiger partial charge in [-0.1, -0.05) is 42.5 Å².